The van der Waals surface area contributed by atoms with Crippen LogP contribution in [-0.4, -0.2) is 35.9 Å². The number of aliphatic hydroxyl groups is 1. The number of methoxy groups -OCH3 is 1. The Morgan fingerprint density at radius 3 is 2.39 bits per heavy atom. The topological polar surface area (TPSA) is 132 Å². The standard InChI is InChI=1S/C36H39N3O6S/c1-43-31-12-4-5-13-33(31)46-23-28-21-32(25-18-16-24(22-40)17-19-25)45-36(44-28)26-8-6-9-27(20-26)38-34(41)14-7-15-35(42)39-30-11-3-2-10-29(30)37/h2-6,8-13,16-20,28,32,36,40H,7,14-15,21-23,37H2,1H3,(H,38,41)(H,39,42). The van der Waals surface area contributed by atoms with Crippen molar-refractivity contribution in [3.8, 4) is 5.75 Å². The number of para-hydroxylation sites is 3. The molecule has 5 N–H and O–H groups in total. The largest absolute Gasteiger partial charge is 0.496 e. The molecule has 3 atom stereocenters. The first-order chi connectivity index (χ1) is 22.4. The lowest BCUT2D eigenvalue weighted by molar-refractivity contribution is -0.245. The number of aliphatic hydroxyl groups excluding tert-OH is 1. The van der Waals surface area contributed by atoms with Crippen LogP contribution >= 0.6 is 11.8 Å². The number of ether oxygens (including phenoxy) is 3. The highest BCUT2D eigenvalue weighted by Gasteiger charge is 2.32. The molecule has 240 valence electrons. The molecule has 0 bridgehead atoms. The summed E-state index contributed by atoms with van der Waals surface area (Å²) < 4.78 is 18.5. The molecule has 0 spiro atoms. The number of hydrogen-bond acceptors (Lipinski definition) is 8. The molecule has 0 saturated carbocycles. The van der Waals surface area contributed by atoms with Crippen molar-refractivity contribution < 1.29 is 28.9 Å². The molecule has 9 nitrogen and oxygen atoms in total. The molecule has 1 aliphatic heterocycles. The molecule has 0 radical (unpaired) electrons. The Kier molecular flexibility index (Phi) is 11.7. The summed E-state index contributed by atoms with van der Waals surface area (Å²) in [6.07, 6.45) is 0.398. The van der Waals surface area contributed by atoms with Crippen LogP contribution in [0.15, 0.2) is 102 Å². The summed E-state index contributed by atoms with van der Waals surface area (Å²) in [5.41, 5.74) is 10.2. The second-order valence-electron chi connectivity index (χ2n) is 11.0. The molecule has 2 amide bonds. The van der Waals surface area contributed by atoms with Crippen LogP contribution in [0.1, 0.15) is 54.8 Å². The summed E-state index contributed by atoms with van der Waals surface area (Å²) in [6.45, 7) is -0.0236. The van der Waals surface area contributed by atoms with E-state index in [1.54, 1.807) is 43.1 Å². The van der Waals surface area contributed by atoms with Crippen molar-refractivity contribution in [2.24, 2.45) is 0 Å². The van der Waals surface area contributed by atoms with Crippen molar-refractivity contribution in [2.75, 3.05) is 29.2 Å². The van der Waals surface area contributed by atoms with Gasteiger partial charge in [0, 0.05) is 41.2 Å². The van der Waals surface area contributed by atoms with Crippen molar-refractivity contribution >= 4 is 40.6 Å². The molecule has 0 aliphatic carbocycles. The number of rotatable bonds is 13. The Hall–Kier alpha value is -4.35. The maximum Gasteiger partial charge on any atom is 0.224 e. The molecule has 0 aromatic heterocycles. The molecule has 4 aromatic carbocycles. The third kappa shape index (κ3) is 9.11. The van der Waals surface area contributed by atoms with Gasteiger partial charge in [-0.15, -0.1) is 11.8 Å². The van der Waals surface area contributed by atoms with Crippen LogP contribution in [-0.2, 0) is 25.7 Å². The van der Waals surface area contributed by atoms with E-state index < -0.39 is 6.29 Å². The van der Waals surface area contributed by atoms with Gasteiger partial charge in [0.1, 0.15) is 5.75 Å². The van der Waals surface area contributed by atoms with Crippen LogP contribution in [0.25, 0.3) is 0 Å². The number of nitrogen functional groups attached to an aromatic ring is 1. The Morgan fingerprint density at radius 2 is 1.63 bits per heavy atom. The van der Waals surface area contributed by atoms with Gasteiger partial charge in [-0.1, -0.05) is 60.7 Å². The number of carbonyl (C=O) groups is 2. The van der Waals surface area contributed by atoms with Crippen molar-refractivity contribution in [3.63, 3.8) is 0 Å². The highest BCUT2D eigenvalue weighted by molar-refractivity contribution is 7.99. The van der Waals surface area contributed by atoms with Crippen molar-refractivity contribution in [2.45, 2.75) is 55.7 Å². The van der Waals surface area contributed by atoms with E-state index in [0.717, 1.165) is 27.3 Å². The minimum absolute atomic E-state index is 0.0236. The van der Waals surface area contributed by atoms with Gasteiger partial charge >= 0.3 is 0 Å². The van der Waals surface area contributed by atoms with Gasteiger partial charge < -0.3 is 35.7 Å². The first kappa shape index (κ1) is 33.0. The van der Waals surface area contributed by atoms with E-state index in [2.05, 4.69) is 10.6 Å². The summed E-state index contributed by atoms with van der Waals surface area (Å²) in [5, 5.41) is 15.2. The lowest BCUT2D eigenvalue weighted by Crippen LogP contribution is -2.31. The number of anilines is 3. The molecule has 1 aliphatic rings. The first-order valence-electron chi connectivity index (χ1n) is 15.2. The fraction of sp³-hybridized carbons (Fsp3) is 0.278. The van der Waals surface area contributed by atoms with E-state index in [-0.39, 0.29) is 43.5 Å². The lowest BCUT2D eigenvalue weighted by Gasteiger charge is -2.36. The van der Waals surface area contributed by atoms with Crippen molar-refractivity contribution in [1.82, 2.24) is 0 Å². The van der Waals surface area contributed by atoms with Gasteiger partial charge in [-0.05, 0) is 53.9 Å². The van der Waals surface area contributed by atoms with E-state index >= 15 is 0 Å². The van der Waals surface area contributed by atoms with E-state index in [1.165, 1.54) is 0 Å². The molecular formula is C36H39N3O6S. The Labute approximate surface area is 273 Å². The summed E-state index contributed by atoms with van der Waals surface area (Å²) >= 11 is 1.67. The van der Waals surface area contributed by atoms with Gasteiger partial charge in [0.25, 0.3) is 0 Å². The normalized spacial score (nSPS) is 17.7. The van der Waals surface area contributed by atoms with Crippen LogP contribution in [0, 0.1) is 0 Å². The van der Waals surface area contributed by atoms with Gasteiger partial charge in [0.2, 0.25) is 11.8 Å². The third-order valence-corrected chi connectivity index (χ3v) is 8.78. The summed E-state index contributed by atoms with van der Waals surface area (Å²) in [6, 6.07) is 30.2. The zero-order chi connectivity index (χ0) is 32.3. The van der Waals surface area contributed by atoms with Crippen LogP contribution in [0.5, 0.6) is 5.75 Å². The quantitative estimate of drug-likeness (QED) is 0.0920. The Morgan fingerprint density at radius 1 is 0.891 bits per heavy atom. The van der Waals surface area contributed by atoms with Gasteiger partial charge in [-0.3, -0.25) is 9.59 Å². The molecule has 10 heteroatoms. The monoisotopic (exact) mass is 641 g/mol. The fourth-order valence-corrected chi connectivity index (χ4v) is 6.21. The van der Waals surface area contributed by atoms with Crippen LogP contribution in [0.3, 0.4) is 0 Å². The molecule has 1 fully saturated rings. The number of benzene rings is 4. The van der Waals surface area contributed by atoms with Gasteiger partial charge in [0.05, 0.1) is 37.3 Å². The van der Waals surface area contributed by atoms with Gasteiger partial charge in [-0.25, -0.2) is 0 Å². The average molecular weight is 642 g/mol. The third-order valence-electron chi connectivity index (χ3n) is 7.59. The van der Waals surface area contributed by atoms with E-state index in [0.29, 0.717) is 35.7 Å². The molecule has 4 aromatic rings. The molecular weight excluding hydrogens is 602 g/mol. The first-order valence-corrected chi connectivity index (χ1v) is 16.2. The minimum Gasteiger partial charge on any atom is -0.496 e. The Balaban J connectivity index is 1.22. The SMILES string of the molecule is COc1ccccc1SCC1CC(c2ccc(CO)cc2)OC(c2cccc(NC(=O)CCCC(=O)Nc3ccccc3N)c2)O1. The zero-order valence-corrected chi connectivity index (χ0v) is 26.5. The van der Waals surface area contributed by atoms with Crippen LogP contribution < -0.4 is 21.1 Å². The summed E-state index contributed by atoms with van der Waals surface area (Å²) in [4.78, 5) is 26.1. The lowest BCUT2D eigenvalue weighted by atomic mass is 10.0. The molecule has 3 unspecified atom stereocenters. The van der Waals surface area contributed by atoms with Gasteiger partial charge in [-0.2, -0.15) is 0 Å². The predicted molar refractivity (Wildman–Crippen MR) is 181 cm³/mol. The van der Waals surface area contributed by atoms with Gasteiger partial charge in [0.15, 0.2) is 6.29 Å². The summed E-state index contributed by atoms with van der Waals surface area (Å²) in [7, 11) is 1.66. The highest BCUT2D eigenvalue weighted by atomic mass is 32.2. The number of amides is 2. The predicted octanol–water partition coefficient (Wildman–Crippen LogP) is 6.85. The number of nitrogens with one attached hydrogen (secondary N) is 2. The number of thioether (sulfide) groups is 1. The summed E-state index contributed by atoms with van der Waals surface area (Å²) in [5.74, 6) is 1.12. The van der Waals surface area contributed by atoms with Crippen LogP contribution in [0.2, 0.25) is 0 Å². The Bertz CT molecular complexity index is 1620. The smallest absolute Gasteiger partial charge is 0.224 e. The number of carbonyl (C=O) groups excluding carboxylic acids is 2. The molecule has 5 rings (SSSR count). The molecule has 1 saturated heterocycles. The van der Waals surface area contributed by atoms with E-state index in [9.17, 15) is 14.7 Å². The minimum atomic E-state index is -0.662. The van der Waals surface area contributed by atoms with Crippen molar-refractivity contribution in [1.29, 1.82) is 0 Å². The average Bonchev–Trinajstić information content (AvgIpc) is 3.08. The second-order valence-corrected chi connectivity index (χ2v) is 12.0. The second kappa shape index (κ2) is 16.3. The van der Waals surface area contributed by atoms with E-state index in [4.69, 9.17) is 19.9 Å². The molecule has 1 heterocycles. The molecule has 46 heavy (non-hydrogen) atoms. The maximum atomic E-state index is 12.8. The number of nitrogens with two attached hydrogens (primary N) is 1. The van der Waals surface area contributed by atoms with Crippen LogP contribution in [0.4, 0.5) is 17.1 Å². The fourth-order valence-electron chi connectivity index (χ4n) is 5.16. The highest BCUT2D eigenvalue weighted by Crippen LogP contribution is 2.40. The number of hydrogen-bond donors (Lipinski definition) is 4. The maximum absolute atomic E-state index is 12.8. The van der Waals surface area contributed by atoms with E-state index in [1.807, 2.05) is 72.8 Å². The van der Waals surface area contributed by atoms with Crippen molar-refractivity contribution in [3.05, 3.63) is 114 Å². The zero-order valence-electron chi connectivity index (χ0n) is 25.7.